The van der Waals surface area contributed by atoms with E-state index in [9.17, 15) is 14.4 Å². The standard InChI is InChI=1S/C5H9NO4S.C2H5NO2/c6-3(5(9)10)1-11-2-4(7)8;3-1-2(4)5/h3H,1-2,6H2,(H,7,8)(H,9,10);1,3H2,(H,4,5). The third-order valence-corrected chi connectivity index (χ3v) is 2.06. The minimum absolute atomic E-state index is 0.110. The summed E-state index contributed by atoms with van der Waals surface area (Å²) >= 11 is 0.992. The van der Waals surface area contributed by atoms with E-state index in [1.807, 2.05) is 0 Å². The van der Waals surface area contributed by atoms with Gasteiger partial charge in [0.2, 0.25) is 0 Å². The minimum atomic E-state index is -1.11. The fourth-order valence-corrected chi connectivity index (χ4v) is 1.03. The molecule has 0 saturated heterocycles. The maximum absolute atomic E-state index is 10.1. The number of carboxylic acids is 3. The van der Waals surface area contributed by atoms with Gasteiger partial charge in [-0.15, -0.1) is 11.8 Å². The Morgan fingerprint density at radius 1 is 1.12 bits per heavy atom. The van der Waals surface area contributed by atoms with Crippen LogP contribution in [0.5, 0.6) is 0 Å². The topological polar surface area (TPSA) is 164 Å². The maximum Gasteiger partial charge on any atom is 0.321 e. The molecule has 0 amide bonds. The van der Waals surface area contributed by atoms with Gasteiger partial charge in [-0.3, -0.25) is 14.4 Å². The molecule has 0 rings (SSSR count). The van der Waals surface area contributed by atoms with E-state index in [1.165, 1.54) is 0 Å². The van der Waals surface area contributed by atoms with E-state index in [0.717, 1.165) is 11.8 Å². The predicted molar refractivity (Wildman–Crippen MR) is 57.3 cm³/mol. The molecule has 0 spiro atoms. The molecule has 0 aliphatic heterocycles. The van der Waals surface area contributed by atoms with Crippen molar-refractivity contribution < 1.29 is 29.7 Å². The van der Waals surface area contributed by atoms with Gasteiger partial charge in [-0.25, -0.2) is 0 Å². The smallest absolute Gasteiger partial charge is 0.321 e. The Morgan fingerprint density at radius 3 is 1.81 bits per heavy atom. The largest absolute Gasteiger partial charge is 0.481 e. The van der Waals surface area contributed by atoms with Crippen LogP contribution in [0.1, 0.15) is 0 Å². The molecule has 0 aliphatic carbocycles. The average Bonchev–Trinajstić information content (AvgIpc) is 2.17. The molecule has 0 aliphatic rings. The van der Waals surface area contributed by atoms with Gasteiger partial charge in [0.25, 0.3) is 0 Å². The number of aliphatic carboxylic acids is 3. The third kappa shape index (κ3) is 15.2. The SMILES string of the molecule is NC(CSCC(=O)O)C(=O)O.NCC(=O)O. The van der Waals surface area contributed by atoms with Gasteiger partial charge >= 0.3 is 17.9 Å². The summed E-state index contributed by atoms with van der Waals surface area (Å²) in [5, 5.41) is 24.0. The van der Waals surface area contributed by atoms with E-state index < -0.39 is 23.9 Å². The Bertz CT molecular complexity index is 247. The zero-order chi connectivity index (χ0) is 13.1. The van der Waals surface area contributed by atoms with E-state index in [4.69, 9.17) is 21.1 Å². The van der Waals surface area contributed by atoms with Crippen molar-refractivity contribution in [3.05, 3.63) is 0 Å². The van der Waals surface area contributed by atoms with Crippen LogP contribution in [0.2, 0.25) is 0 Å². The maximum atomic E-state index is 10.1. The molecule has 0 bridgehead atoms. The van der Waals surface area contributed by atoms with Crippen LogP contribution in [0.4, 0.5) is 0 Å². The lowest BCUT2D eigenvalue weighted by Gasteiger charge is -2.02. The molecule has 8 nitrogen and oxygen atoms in total. The van der Waals surface area contributed by atoms with Gasteiger partial charge in [0.15, 0.2) is 0 Å². The molecule has 0 heterocycles. The number of hydrogen-bond acceptors (Lipinski definition) is 6. The van der Waals surface area contributed by atoms with E-state index in [-0.39, 0.29) is 18.1 Å². The number of carbonyl (C=O) groups is 3. The number of hydrogen-bond donors (Lipinski definition) is 5. The minimum Gasteiger partial charge on any atom is -0.481 e. The van der Waals surface area contributed by atoms with Crippen LogP contribution < -0.4 is 11.5 Å². The number of thioether (sulfide) groups is 1. The van der Waals surface area contributed by atoms with Crippen molar-refractivity contribution in [2.24, 2.45) is 11.5 Å². The second-order valence-electron chi connectivity index (χ2n) is 2.45. The van der Waals surface area contributed by atoms with E-state index in [0.29, 0.717) is 0 Å². The lowest BCUT2D eigenvalue weighted by molar-refractivity contribution is -0.138. The summed E-state index contributed by atoms with van der Waals surface area (Å²) in [5.41, 5.74) is 9.66. The molecule has 1 unspecified atom stereocenters. The molecular formula is C7H14N2O6S. The van der Waals surface area contributed by atoms with Gasteiger partial charge in [-0.1, -0.05) is 0 Å². The van der Waals surface area contributed by atoms with Gasteiger partial charge < -0.3 is 26.8 Å². The van der Waals surface area contributed by atoms with E-state index in [1.54, 1.807) is 0 Å². The summed E-state index contributed by atoms with van der Waals surface area (Å²) in [4.78, 5) is 29.3. The van der Waals surface area contributed by atoms with Gasteiger partial charge in [-0.2, -0.15) is 0 Å². The van der Waals surface area contributed by atoms with Crippen LogP contribution in [-0.4, -0.2) is 57.3 Å². The van der Waals surface area contributed by atoms with Crippen LogP contribution in [0.3, 0.4) is 0 Å². The van der Waals surface area contributed by atoms with Crippen LogP contribution >= 0.6 is 11.8 Å². The molecule has 94 valence electrons. The summed E-state index contributed by atoms with van der Waals surface area (Å²) in [6.07, 6.45) is 0. The number of rotatable bonds is 6. The fourth-order valence-electron chi connectivity index (χ4n) is 0.344. The molecule has 16 heavy (non-hydrogen) atoms. The van der Waals surface area contributed by atoms with Crippen LogP contribution in [0, 0.1) is 0 Å². The average molecular weight is 254 g/mol. The highest BCUT2D eigenvalue weighted by Crippen LogP contribution is 2.00. The monoisotopic (exact) mass is 254 g/mol. The molecule has 0 aromatic heterocycles. The Hall–Kier alpha value is -1.32. The Morgan fingerprint density at radius 2 is 1.56 bits per heavy atom. The molecule has 0 aromatic carbocycles. The first kappa shape index (κ1) is 17.1. The first-order valence-electron chi connectivity index (χ1n) is 4.01. The van der Waals surface area contributed by atoms with E-state index in [2.05, 4.69) is 5.73 Å². The number of nitrogens with two attached hydrogens (primary N) is 2. The van der Waals surface area contributed by atoms with Gasteiger partial charge in [-0.05, 0) is 0 Å². The lowest BCUT2D eigenvalue weighted by atomic mass is 10.4. The highest BCUT2D eigenvalue weighted by Gasteiger charge is 2.11. The second-order valence-corrected chi connectivity index (χ2v) is 3.48. The highest BCUT2D eigenvalue weighted by atomic mass is 32.2. The molecule has 0 fully saturated rings. The summed E-state index contributed by atoms with van der Waals surface area (Å²) < 4.78 is 0. The van der Waals surface area contributed by atoms with Crippen molar-refractivity contribution in [1.29, 1.82) is 0 Å². The quantitative estimate of drug-likeness (QED) is 0.369. The highest BCUT2D eigenvalue weighted by molar-refractivity contribution is 8.00. The Kier molecular flexibility index (Phi) is 10.9. The molecule has 0 saturated carbocycles. The second kappa shape index (κ2) is 10.2. The summed E-state index contributed by atoms with van der Waals surface area (Å²) in [5.74, 6) is -3.02. The molecular weight excluding hydrogens is 240 g/mol. The van der Waals surface area contributed by atoms with Crippen molar-refractivity contribution in [3.8, 4) is 0 Å². The normalized spacial score (nSPS) is 10.9. The van der Waals surface area contributed by atoms with E-state index >= 15 is 0 Å². The molecule has 0 radical (unpaired) electrons. The zero-order valence-corrected chi connectivity index (χ0v) is 9.14. The molecule has 1 atom stereocenters. The molecule has 7 N–H and O–H groups in total. The van der Waals surface area contributed by atoms with Crippen LogP contribution in [0.15, 0.2) is 0 Å². The summed E-state index contributed by atoms with van der Waals surface area (Å²) in [6, 6.07) is -0.973. The van der Waals surface area contributed by atoms with Crippen molar-refractivity contribution in [1.82, 2.24) is 0 Å². The van der Waals surface area contributed by atoms with Crippen molar-refractivity contribution in [2.45, 2.75) is 6.04 Å². The van der Waals surface area contributed by atoms with Crippen molar-refractivity contribution in [3.63, 3.8) is 0 Å². The van der Waals surface area contributed by atoms with Crippen molar-refractivity contribution >= 4 is 29.7 Å². The summed E-state index contributed by atoms with van der Waals surface area (Å²) in [6.45, 7) is -0.278. The van der Waals surface area contributed by atoms with Crippen LogP contribution in [-0.2, 0) is 14.4 Å². The Balaban J connectivity index is 0. The van der Waals surface area contributed by atoms with Gasteiger partial charge in [0, 0.05) is 5.75 Å². The van der Waals surface area contributed by atoms with Gasteiger partial charge in [0.1, 0.15) is 6.04 Å². The lowest BCUT2D eigenvalue weighted by Crippen LogP contribution is -2.32. The van der Waals surface area contributed by atoms with Crippen LogP contribution in [0.25, 0.3) is 0 Å². The first-order chi connectivity index (χ1) is 7.31. The summed E-state index contributed by atoms with van der Waals surface area (Å²) in [7, 11) is 0. The molecule has 0 aromatic rings. The Labute approximate surface area is 95.6 Å². The zero-order valence-electron chi connectivity index (χ0n) is 8.33. The predicted octanol–water partition coefficient (Wildman–Crippen LogP) is -1.75. The third-order valence-electron chi connectivity index (χ3n) is 1.01. The van der Waals surface area contributed by atoms with Gasteiger partial charge in [0.05, 0.1) is 12.3 Å². The fraction of sp³-hybridized carbons (Fsp3) is 0.571. The number of carboxylic acid groups (broad SMARTS) is 3. The molecule has 9 heteroatoms. The first-order valence-corrected chi connectivity index (χ1v) is 5.16. The van der Waals surface area contributed by atoms with Crippen molar-refractivity contribution in [2.75, 3.05) is 18.1 Å².